The Morgan fingerprint density at radius 3 is 2.81 bits per heavy atom. The summed E-state index contributed by atoms with van der Waals surface area (Å²) in [6, 6.07) is 4.72. The Bertz CT molecular complexity index is 802. The topological polar surface area (TPSA) is 118 Å². The van der Waals surface area contributed by atoms with E-state index in [1.807, 2.05) is 0 Å². The van der Waals surface area contributed by atoms with Crippen LogP contribution in [0, 0.1) is 6.92 Å². The molecule has 0 unspecified atom stereocenters. The molecular weight excluding hydrogens is 380 g/mol. The van der Waals surface area contributed by atoms with Gasteiger partial charge in [-0.15, -0.1) is 11.3 Å². The number of rotatable bonds is 4. The van der Waals surface area contributed by atoms with E-state index in [0.29, 0.717) is 9.48 Å². The summed E-state index contributed by atoms with van der Waals surface area (Å²) in [5.74, 6) is -0.194. The van der Waals surface area contributed by atoms with Crippen LogP contribution in [0.2, 0.25) is 0 Å². The Kier molecular flexibility index (Phi) is 4.49. The monoisotopic (exact) mass is 390 g/mol. The van der Waals surface area contributed by atoms with E-state index >= 15 is 0 Å². The molecule has 21 heavy (non-hydrogen) atoms. The molecule has 1 heterocycles. The highest BCUT2D eigenvalue weighted by molar-refractivity contribution is 9.10. The molecule has 0 fully saturated rings. The van der Waals surface area contributed by atoms with E-state index in [1.54, 1.807) is 13.0 Å². The Morgan fingerprint density at radius 1 is 1.52 bits per heavy atom. The number of aryl methyl sites for hydroxylation is 1. The van der Waals surface area contributed by atoms with Crippen molar-refractivity contribution in [3.8, 4) is 0 Å². The zero-order valence-electron chi connectivity index (χ0n) is 10.7. The van der Waals surface area contributed by atoms with Gasteiger partial charge in [0.05, 0.1) is 16.9 Å². The third-order valence-corrected chi connectivity index (χ3v) is 5.71. The average Bonchev–Trinajstić information content (AvgIpc) is 2.85. The van der Waals surface area contributed by atoms with Crippen molar-refractivity contribution >= 4 is 48.8 Å². The predicted molar refractivity (Wildman–Crippen MR) is 84.3 cm³/mol. The molecule has 0 saturated carbocycles. The Morgan fingerprint density at radius 2 is 2.24 bits per heavy atom. The number of aromatic nitrogens is 1. The molecule has 2 aromatic rings. The van der Waals surface area contributed by atoms with E-state index in [9.17, 15) is 8.42 Å². The number of hydrogen-bond donors (Lipinski definition) is 3. The summed E-state index contributed by atoms with van der Waals surface area (Å²) < 4.78 is 27.7. The van der Waals surface area contributed by atoms with E-state index in [4.69, 9.17) is 10.9 Å². The number of hydrogen-bond acceptors (Lipinski definition) is 6. The minimum Gasteiger partial charge on any atom is -0.409 e. The fraction of sp³-hybridized carbons (Fsp3) is 0.0909. The minimum atomic E-state index is -3.78. The first kappa shape index (κ1) is 15.7. The van der Waals surface area contributed by atoms with Crippen molar-refractivity contribution < 1.29 is 13.6 Å². The molecule has 2 rings (SSSR count). The molecule has 10 heteroatoms. The summed E-state index contributed by atoms with van der Waals surface area (Å²) in [6.45, 7) is 1.71. The second kappa shape index (κ2) is 6.00. The summed E-state index contributed by atoms with van der Waals surface area (Å²) in [5, 5.41) is 12.3. The zero-order valence-corrected chi connectivity index (χ0v) is 14.0. The number of nitrogens with one attached hydrogen (secondary N) is 1. The third kappa shape index (κ3) is 3.52. The summed E-state index contributed by atoms with van der Waals surface area (Å²) in [7, 11) is -3.78. The van der Waals surface area contributed by atoms with Crippen LogP contribution in [-0.4, -0.2) is 24.4 Å². The van der Waals surface area contributed by atoms with Gasteiger partial charge in [-0.2, -0.15) is 0 Å². The van der Waals surface area contributed by atoms with Crippen molar-refractivity contribution in [1.29, 1.82) is 0 Å². The van der Waals surface area contributed by atoms with Crippen LogP contribution in [0.4, 0.5) is 5.69 Å². The summed E-state index contributed by atoms with van der Waals surface area (Å²) in [6.07, 6.45) is 1.28. The smallest absolute Gasteiger partial charge is 0.273 e. The van der Waals surface area contributed by atoms with Crippen LogP contribution < -0.4 is 10.5 Å². The fourth-order valence-electron chi connectivity index (χ4n) is 1.54. The van der Waals surface area contributed by atoms with Crippen molar-refractivity contribution in [1.82, 2.24) is 4.98 Å². The van der Waals surface area contributed by atoms with Crippen LogP contribution in [0.5, 0.6) is 0 Å². The van der Waals surface area contributed by atoms with Crippen molar-refractivity contribution in [3.05, 3.63) is 39.4 Å². The molecule has 1 aromatic heterocycles. The summed E-state index contributed by atoms with van der Waals surface area (Å²) in [4.78, 5) is 3.92. The number of halogens is 1. The molecule has 0 amide bonds. The van der Waals surface area contributed by atoms with Gasteiger partial charge in [0, 0.05) is 10.0 Å². The molecule has 0 aliphatic heterocycles. The van der Waals surface area contributed by atoms with Gasteiger partial charge in [0.1, 0.15) is 0 Å². The van der Waals surface area contributed by atoms with Gasteiger partial charge in [-0.25, -0.2) is 13.4 Å². The van der Waals surface area contributed by atoms with E-state index in [0.717, 1.165) is 11.3 Å². The number of benzene rings is 1. The second-order valence-corrected chi connectivity index (χ2v) is 8.04. The van der Waals surface area contributed by atoms with Crippen LogP contribution >= 0.6 is 27.3 Å². The van der Waals surface area contributed by atoms with Gasteiger partial charge in [0.15, 0.2) is 10.0 Å². The Balaban J connectivity index is 2.46. The molecule has 0 bridgehead atoms. The van der Waals surface area contributed by atoms with Gasteiger partial charge in [0.25, 0.3) is 10.0 Å². The third-order valence-electron chi connectivity index (χ3n) is 2.47. The zero-order chi connectivity index (χ0) is 15.6. The molecule has 1 aromatic carbocycles. The number of nitrogens with two attached hydrogens (primary N) is 1. The van der Waals surface area contributed by atoms with Crippen LogP contribution in [0.1, 0.15) is 10.6 Å². The van der Waals surface area contributed by atoms with Gasteiger partial charge >= 0.3 is 0 Å². The number of thiazole rings is 1. The van der Waals surface area contributed by atoms with Crippen LogP contribution in [0.3, 0.4) is 0 Å². The van der Waals surface area contributed by atoms with Gasteiger partial charge in [-0.3, -0.25) is 4.72 Å². The van der Waals surface area contributed by atoms with E-state index in [1.165, 1.54) is 18.3 Å². The number of sulfonamides is 1. The quantitative estimate of drug-likeness (QED) is 0.319. The highest BCUT2D eigenvalue weighted by atomic mass is 79.9. The lowest BCUT2D eigenvalue weighted by Gasteiger charge is -2.11. The van der Waals surface area contributed by atoms with Crippen LogP contribution in [-0.2, 0) is 10.0 Å². The van der Waals surface area contributed by atoms with E-state index < -0.39 is 10.0 Å². The molecule has 0 spiro atoms. The van der Waals surface area contributed by atoms with Gasteiger partial charge in [-0.1, -0.05) is 21.1 Å². The van der Waals surface area contributed by atoms with Gasteiger partial charge in [0.2, 0.25) is 0 Å². The maximum Gasteiger partial charge on any atom is 0.273 e. The Hall–Kier alpha value is -1.65. The van der Waals surface area contributed by atoms with Gasteiger partial charge in [-0.05, 0) is 25.1 Å². The van der Waals surface area contributed by atoms with Crippen molar-refractivity contribution in [2.24, 2.45) is 10.9 Å². The minimum absolute atomic E-state index is 0.0884. The molecule has 0 saturated heterocycles. The molecule has 112 valence electrons. The maximum absolute atomic E-state index is 12.3. The van der Waals surface area contributed by atoms with E-state index in [2.05, 4.69) is 30.8 Å². The van der Waals surface area contributed by atoms with Crippen molar-refractivity contribution in [2.75, 3.05) is 4.72 Å². The lowest BCUT2D eigenvalue weighted by atomic mass is 10.2. The number of anilines is 1. The normalized spacial score (nSPS) is 12.4. The molecular formula is C11H11BrN4O3S2. The first-order valence-electron chi connectivity index (χ1n) is 5.56. The largest absolute Gasteiger partial charge is 0.409 e. The maximum atomic E-state index is 12.3. The molecule has 4 N–H and O–H groups in total. The standard InChI is InChI=1S/C11H11BrN4O3S2/c1-6-14-5-10(20-6)21(18,19)16-9-4-7(12)2-3-8(9)11(13)15-17/h2-5,16-17H,1H3,(H2,13,15). The van der Waals surface area contributed by atoms with Gasteiger partial charge < -0.3 is 10.9 Å². The highest BCUT2D eigenvalue weighted by Gasteiger charge is 2.20. The molecule has 7 nitrogen and oxygen atoms in total. The second-order valence-electron chi connectivity index (χ2n) is 3.98. The average molecular weight is 391 g/mol. The first-order chi connectivity index (χ1) is 9.83. The van der Waals surface area contributed by atoms with Crippen LogP contribution in [0.25, 0.3) is 0 Å². The highest BCUT2D eigenvalue weighted by Crippen LogP contribution is 2.26. The molecule has 0 aliphatic carbocycles. The lowest BCUT2D eigenvalue weighted by Crippen LogP contribution is -2.19. The summed E-state index contributed by atoms with van der Waals surface area (Å²) >= 11 is 4.30. The molecule has 0 aliphatic rings. The number of oxime groups is 1. The molecule has 0 atom stereocenters. The summed E-state index contributed by atoms with van der Waals surface area (Å²) in [5.41, 5.74) is 6.02. The fourth-order valence-corrected chi connectivity index (χ4v) is 4.08. The predicted octanol–water partition coefficient (Wildman–Crippen LogP) is 2.11. The Labute approximate surface area is 133 Å². The molecule has 0 radical (unpaired) electrons. The SMILES string of the molecule is Cc1ncc(S(=O)(=O)Nc2cc(Br)ccc2/C(N)=N/O)s1. The first-order valence-corrected chi connectivity index (χ1v) is 8.65. The lowest BCUT2D eigenvalue weighted by molar-refractivity contribution is 0.318. The number of amidine groups is 1. The van der Waals surface area contributed by atoms with E-state index in [-0.39, 0.29) is 21.3 Å². The van der Waals surface area contributed by atoms with Crippen molar-refractivity contribution in [3.63, 3.8) is 0 Å². The number of nitrogens with zero attached hydrogens (tertiary/aromatic N) is 2. The van der Waals surface area contributed by atoms with Crippen LogP contribution in [0.15, 0.2) is 38.2 Å². The van der Waals surface area contributed by atoms with Crippen molar-refractivity contribution in [2.45, 2.75) is 11.1 Å².